The number of benzene rings is 1. The number of hydrogen-bond acceptors (Lipinski definition) is 10. The van der Waals surface area contributed by atoms with Gasteiger partial charge in [-0.25, -0.2) is 9.18 Å². The van der Waals surface area contributed by atoms with E-state index in [-0.39, 0.29) is 4.88 Å². The van der Waals surface area contributed by atoms with Gasteiger partial charge >= 0.3 is 5.97 Å². The number of carbonyl (C=O) groups excluding carboxylic acids is 1. The average Bonchev–Trinajstić information content (AvgIpc) is 4.18. The van der Waals surface area contributed by atoms with E-state index in [0.717, 1.165) is 50.4 Å². The summed E-state index contributed by atoms with van der Waals surface area (Å²) < 4.78 is 31.1. The van der Waals surface area contributed by atoms with Gasteiger partial charge in [0, 0.05) is 89.6 Å². The van der Waals surface area contributed by atoms with Crippen LogP contribution in [-0.2, 0) is 17.6 Å². The number of rotatable bonds is 23. The van der Waals surface area contributed by atoms with Gasteiger partial charge in [-0.05, 0) is 81.3 Å². The SMILES string of the molecule is CCCCCCCCOC(=O)c1sc2c(-c3cc4c(-c5cc6sc(CC(CC)CCCC)cc6s5)c5sc(C)cc5c(-c5cc6sc(CC(CC)CCCC)cc6s5)c4s3)sc(C)c2c1F. The summed E-state index contributed by atoms with van der Waals surface area (Å²) in [6.45, 7) is 16.1. The number of halogens is 1. The second-order valence-corrected chi connectivity index (χ2v) is 27.4. The molecule has 0 saturated heterocycles. The molecule has 0 amide bonds. The van der Waals surface area contributed by atoms with Gasteiger partial charge in [-0.3, -0.25) is 0 Å². The molecule has 11 heteroatoms. The number of fused-ring (bicyclic) bond motifs is 5. The standard InChI is InChI=1S/C55H63FO2S8/c1-8-13-16-17-18-19-22-58-55(57)54-49(56)46-32(7)60-52(53(46)66-54)45-28-38-48(44-30-42-40(64-44)27-36(62-42)25-34(12-5)21-15-10-3)50-37(23-31(6)59-50)47(51(38)65-45)43-29-41-39(63-43)26-35(61-41)24-33(11-4)20-14-9-2/h23,26-30,33-34H,8-22,24-25H2,1-7H3. The quantitative estimate of drug-likeness (QED) is 0.0471. The van der Waals surface area contributed by atoms with Crippen molar-refractivity contribution in [3.63, 3.8) is 0 Å². The van der Waals surface area contributed by atoms with Gasteiger partial charge < -0.3 is 4.74 Å². The summed E-state index contributed by atoms with van der Waals surface area (Å²) >= 11 is 14.6. The zero-order valence-corrected chi connectivity index (χ0v) is 46.1. The third-order valence-corrected chi connectivity index (χ3v) is 22.9. The Morgan fingerprint density at radius 3 is 1.68 bits per heavy atom. The number of ether oxygens (including phenoxy) is 1. The van der Waals surface area contributed by atoms with E-state index in [1.54, 1.807) is 11.3 Å². The number of carbonyl (C=O) groups is 1. The van der Waals surface area contributed by atoms with Gasteiger partial charge in [0.05, 0.1) is 16.2 Å². The molecule has 0 fully saturated rings. The van der Waals surface area contributed by atoms with Crippen molar-refractivity contribution in [1.29, 1.82) is 0 Å². The van der Waals surface area contributed by atoms with Gasteiger partial charge in [0.2, 0.25) is 0 Å². The molecule has 0 spiro atoms. The number of unbranched alkanes of at least 4 members (excludes halogenated alkanes) is 7. The Morgan fingerprint density at radius 1 is 0.561 bits per heavy atom. The molecular weight excluding hydrogens is 968 g/mol. The van der Waals surface area contributed by atoms with Crippen molar-refractivity contribution < 1.29 is 13.9 Å². The summed E-state index contributed by atoms with van der Waals surface area (Å²) in [4.78, 5) is 23.6. The zero-order chi connectivity index (χ0) is 46.1. The Labute approximate surface area is 422 Å². The van der Waals surface area contributed by atoms with E-state index in [4.69, 9.17) is 4.74 Å². The summed E-state index contributed by atoms with van der Waals surface area (Å²) in [6, 6.07) is 14.7. The van der Waals surface area contributed by atoms with Gasteiger partial charge in [-0.1, -0.05) is 118 Å². The maximum Gasteiger partial charge on any atom is 0.351 e. The predicted molar refractivity (Wildman–Crippen MR) is 300 cm³/mol. The molecule has 0 aliphatic rings. The molecule has 0 aliphatic heterocycles. The van der Waals surface area contributed by atoms with Crippen LogP contribution in [0.4, 0.5) is 4.39 Å². The maximum absolute atomic E-state index is 16.4. The third-order valence-electron chi connectivity index (χ3n) is 13.5. The molecule has 66 heavy (non-hydrogen) atoms. The Kier molecular flexibility index (Phi) is 15.9. The zero-order valence-electron chi connectivity index (χ0n) is 39.6. The van der Waals surface area contributed by atoms with Gasteiger partial charge in [0.1, 0.15) is 4.88 Å². The minimum atomic E-state index is -0.534. The van der Waals surface area contributed by atoms with Crippen LogP contribution in [0.5, 0.6) is 0 Å². The van der Waals surface area contributed by atoms with Crippen molar-refractivity contribution in [1.82, 2.24) is 0 Å². The Bertz CT molecular complexity index is 2890. The lowest BCUT2D eigenvalue weighted by Crippen LogP contribution is -2.06. The van der Waals surface area contributed by atoms with Gasteiger partial charge in [-0.15, -0.1) is 90.7 Å². The van der Waals surface area contributed by atoms with Crippen molar-refractivity contribution in [2.45, 2.75) is 151 Å². The lowest BCUT2D eigenvalue weighted by Gasteiger charge is -2.12. The Hall–Kier alpha value is -2.48. The second-order valence-electron chi connectivity index (χ2n) is 18.4. The van der Waals surface area contributed by atoms with Crippen molar-refractivity contribution in [3.05, 3.63) is 66.6 Å². The average molecular weight is 1030 g/mol. The molecule has 0 bridgehead atoms. The fourth-order valence-corrected chi connectivity index (χ4v) is 20.0. The van der Waals surface area contributed by atoms with Crippen LogP contribution in [-0.4, -0.2) is 12.6 Å². The molecule has 350 valence electrons. The van der Waals surface area contributed by atoms with Crippen molar-refractivity contribution in [2.75, 3.05) is 6.61 Å². The van der Waals surface area contributed by atoms with Crippen LogP contribution in [0.15, 0.2) is 36.4 Å². The third kappa shape index (κ3) is 9.95. The first-order chi connectivity index (χ1) is 32.1. The number of esters is 1. The second kappa shape index (κ2) is 21.7. The van der Waals surface area contributed by atoms with E-state index in [1.165, 1.54) is 169 Å². The highest BCUT2D eigenvalue weighted by Crippen LogP contribution is 2.56. The van der Waals surface area contributed by atoms with E-state index in [9.17, 15) is 4.79 Å². The first-order valence-electron chi connectivity index (χ1n) is 24.6. The molecule has 8 aromatic heterocycles. The minimum absolute atomic E-state index is 0.101. The Morgan fingerprint density at radius 2 is 1.11 bits per heavy atom. The molecule has 9 rings (SSSR count). The van der Waals surface area contributed by atoms with Crippen LogP contribution in [0.2, 0.25) is 0 Å². The number of thiophene rings is 8. The van der Waals surface area contributed by atoms with E-state index in [2.05, 4.69) is 77.9 Å². The van der Waals surface area contributed by atoms with Crippen molar-refractivity contribution >= 4 is 146 Å². The van der Waals surface area contributed by atoms with Crippen LogP contribution in [0.25, 0.3) is 79.7 Å². The van der Waals surface area contributed by atoms with Gasteiger partial charge in [0.15, 0.2) is 5.82 Å². The molecule has 8 heterocycles. The normalized spacial score (nSPS) is 13.2. The van der Waals surface area contributed by atoms with Crippen molar-refractivity contribution in [2.24, 2.45) is 11.8 Å². The fourth-order valence-electron chi connectivity index (χ4n) is 9.71. The van der Waals surface area contributed by atoms with Crippen LogP contribution in [0.1, 0.15) is 154 Å². The topological polar surface area (TPSA) is 26.3 Å². The summed E-state index contributed by atoms with van der Waals surface area (Å²) in [7, 11) is 0. The van der Waals surface area contributed by atoms with Crippen LogP contribution >= 0.6 is 90.7 Å². The van der Waals surface area contributed by atoms with E-state index >= 15 is 4.39 Å². The highest BCUT2D eigenvalue weighted by atomic mass is 32.1. The van der Waals surface area contributed by atoms with Crippen molar-refractivity contribution in [3.8, 4) is 30.6 Å². The largest absolute Gasteiger partial charge is 0.461 e. The number of aryl methyl sites for hydroxylation is 2. The fraction of sp³-hybridized carbons (Fsp3) is 0.473. The summed E-state index contributed by atoms with van der Waals surface area (Å²) in [6.07, 6.45) is 19.2. The summed E-state index contributed by atoms with van der Waals surface area (Å²) in [5.41, 5.74) is 2.65. The molecule has 2 atom stereocenters. The molecule has 0 aliphatic carbocycles. The lowest BCUT2D eigenvalue weighted by molar-refractivity contribution is 0.0499. The lowest BCUT2D eigenvalue weighted by atomic mass is 9.95. The van der Waals surface area contributed by atoms with Gasteiger partial charge in [-0.2, -0.15) is 0 Å². The summed E-state index contributed by atoms with van der Waals surface area (Å²) in [5, 5.41) is 3.18. The van der Waals surface area contributed by atoms with Crippen LogP contribution in [0, 0.1) is 31.5 Å². The molecule has 2 unspecified atom stereocenters. The highest BCUT2D eigenvalue weighted by Gasteiger charge is 2.29. The van der Waals surface area contributed by atoms with E-state index < -0.39 is 11.8 Å². The molecule has 1 aromatic carbocycles. The maximum atomic E-state index is 16.4. The van der Waals surface area contributed by atoms with E-state index in [0.29, 0.717) is 12.0 Å². The highest BCUT2D eigenvalue weighted by molar-refractivity contribution is 7.33. The van der Waals surface area contributed by atoms with E-state index in [1.807, 2.05) is 74.9 Å². The van der Waals surface area contributed by atoms with Gasteiger partial charge in [0.25, 0.3) is 0 Å². The first-order valence-corrected chi connectivity index (χ1v) is 31.1. The Balaban J connectivity index is 1.14. The summed E-state index contributed by atoms with van der Waals surface area (Å²) in [5.74, 6) is 0.532. The smallest absolute Gasteiger partial charge is 0.351 e. The predicted octanol–water partition coefficient (Wildman–Crippen LogP) is 21.7. The molecular formula is C55H63FO2S8. The molecule has 0 N–H and O–H groups in total. The molecule has 0 radical (unpaired) electrons. The first kappa shape index (κ1) is 48.5. The minimum Gasteiger partial charge on any atom is -0.461 e. The number of hydrogen-bond donors (Lipinski definition) is 0. The van der Waals surface area contributed by atoms with Crippen LogP contribution < -0.4 is 0 Å². The molecule has 0 saturated carbocycles. The molecule has 9 aromatic rings. The van der Waals surface area contributed by atoms with Crippen LogP contribution in [0.3, 0.4) is 0 Å². The molecule has 2 nitrogen and oxygen atoms in total. The monoisotopic (exact) mass is 1030 g/mol.